The molecule has 0 atom stereocenters. The van der Waals surface area contributed by atoms with E-state index in [1.165, 1.54) is 12.1 Å². The Hall–Kier alpha value is -0.760. The minimum atomic E-state index is -3.74. The molecule has 20 heavy (non-hydrogen) atoms. The van der Waals surface area contributed by atoms with E-state index in [1.54, 1.807) is 6.07 Å². The smallest absolute Gasteiger partial charge is 0.207 e. The van der Waals surface area contributed by atoms with Gasteiger partial charge in [0.05, 0.1) is 9.37 Å². The van der Waals surface area contributed by atoms with E-state index in [4.69, 9.17) is 0 Å². The molecule has 0 amide bonds. The average molecular weight is 423 g/mol. The Morgan fingerprint density at radius 3 is 2.50 bits per heavy atom. The standard InChI is InChI=1S/C13H10Br2FNO2S/c14-10-3-1-2-9(6-10)8-17-20(18,19)11-4-5-12(15)13(16)7-11/h1-7,17H,8H2. The zero-order valence-corrected chi connectivity index (χ0v) is 14.1. The highest BCUT2D eigenvalue weighted by atomic mass is 79.9. The van der Waals surface area contributed by atoms with Gasteiger partial charge < -0.3 is 0 Å². The molecule has 0 fully saturated rings. The van der Waals surface area contributed by atoms with Gasteiger partial charge in [-0.25, -0.2) is 17.5 Å². The van der Waals surface area contributed by atoms with Gasteiger partial charge in [-0.15, -0.1) is 0 Å². The van der Waals surface area contributed by atoms with Gasteiger partial charge in [-0.05, 0) is 51.8 Å². The Morgan fingerprint density at radius 1 is 1.10 bits per heavy atom. The molecule has 0 aliphatic rings. The lowest BCUT2D eigenvalue weighted by Crippen LogP contribution is -2.23. The van der Waals surface area contributed by atoms with E-state index in [0.717, 1.165) is 16.1 Å². The van der Waals surface area contributed by atoms with Crippen LogP contribution in [0, 0.1) is 5.82 Å². The van der Waals surface area contributed by atoms with Crippen LogP contribution >= 0.6 is 31.9 Å². The summed E-state index contributed by atoms with van der Waals surface area (Å²) in [6.07, 6.45) is 0. The minimum absolute atomic E-state index is 0.104. The maximum Gasteiger partial charge on any atom is 0.240 e. The SMILES string of the molecule is O=S(=O)(NCc1cccc(Br)c1)c1ccc(Br)c(F)c1. The molecule has 3 nitrogen and oxygen atoms in total. The van der Waals surface area contributed by atoms with Crippen molar-refractivity contribution >= 4 is 41.9 Å². The van der Waals surface area contributed by atoms with Crippen LogP contribution in [0.2, 0.25) is 0 Å². The van der Waals surface area contributed by atoms with E-state index in [9.17, 15) is 12.8 Å². The molecule has 7 heteroatoms. The second kappa shape index (κ2) is 6.34. The van der Waals surface area contributed by atoms with Crippen molar-refractivity contribution < 1.29 is 12.8 Å². The number of nitrogens with one attached hydrogen (secondary N) is 1. The van der Waals surface area contributed by atoms with Crippen molar-refractivity contribution in [1.29, 1.82) is 0 Å². The van der Waals surface area contributed by atoms with Gasteiger partial charge in [-0.3, -0.25) is 0 Å². The predicted octanol–water partition coefficient (Wildman–Crippen LogP) is 3.83. The first-order valence-electron chi connectivity index (χ1n) is 5.58. The van der Waals surface area contributed by atoms with Gasteiger partial charge in [0.15, 0.2) is 0 Å². The van der Waals surface area contributed by atoms with Crippen LogP contribution in [0.25, 0.3) is 0 Å². The fourth-order valence-electron chi connectivity index (χ4n) is 1.55. The van der Waals surface area contributed by atoms with Crippen LogP contribution in [0.15, 0.2) is 56.3 Å². The summed E-state index contributed by atoms with van der Waals surface area (Å²) < 4.78 is 41.0. The number of hydrogen-bond donors (Lipinski definition) is 1. The molecule has 0 heterocycles. The summed E-state index contributed by atoms with van der Waals surface area (Å²) in [6.45, 7) is 0.138. The predicted molar refractivity (Wildman–Crippen MR) is 82.3 cm³/mol. The van der Waals surface area contributed by atoms with Gasteiger partial charge in [0.25, 0.3) is 0 Å². The molecule has 1 N–H and O–H groups in total. The number of hydrogen-bond acceptors (Lipinski definition) is 2. The Bertz CT molecular complexity index is 735. The van der Waals surface area contributed by atoms with Crippen molar-refractivity contribution in [2.45, 2.75) is 11.4 Å². The van der Waals surface area contributed by atoms with Gasteiger partial charge in [-0.2, -0.15) is 0 Å². The van der Waals surface area contributed by atoms with Crippen molar-refractivity contribution in [3.8, 4) is 0 Å². The van der Waals surface area contributed by atoms with Gasteiger partial charge in [0.2, 0.25) is 10.0 Å². The van der Waals surface area contributed by atoms with E-state index < -0.39 is 15.8 Å². The molecule has 0 aromatic heterocycles. The second-order valence-electron chi connectivity index (χ2n) is 4.03. The molecule has 106 valence electrons. The first-order valence-corrected chi connectivity index (χ1v) is 8.64. The van der Waals surface area contributed by atoms with Gasteiger partial charge in [0, 0.05) is 11.0 Å². The molecule has 0 unspecified atom stereocenters. The van der Waals surface area contributed by atoms with E-state index in [2.05, 4.69) is 36.6 Å². The molecule has 0 aliphatic carbocycles. The van der Waals surface area contributed by atoms with E-state index in [1.807, 2.05) is 18.2 Å². The van der Waals surface area contributed by atoms with Crippen LogP contribution in [-0.4, -0.2) is 8.42 Å². The summed E-state index contributed by atoms with van der Waals surface area (Å²) in [5, 5.41) is 0. The average Bonchev–Trinajstić information content (AvgIpc) is 2.40. The topological polar surface area (TPSA) is 46.2 Å². The lowest BCUT2D eigenvalue weighted by Gasteiger charge is -2.08. The lowest BCUT2D eigenvalue weighted by molar-refractivity contribution is 0.576. The zero-order valence-electron chi connectivity index (χ0n) is 10.1. The van der Waals surface area contributed by atoms with Crippen LogP contribution in [0.1, 0.15) is 5.56 Å². The summed E-state index contributed by atoms with van der Waals surface area (Å²) >= 11 is 6.30. The van der Waals surface area contributed by atoms with E-state index >= 15 is 0 Å². The van der Waals surface area contributed by atoms with Crippen LogP contribution in [-0.2, 0) is 16.6 Å². The normalized spacial score (nSPS) is 11.6. The number of halogens is 3. The molecule has 0 saturated carbocycles. The molecular weight excluding hydrogens is 413 g/mol. The van der Waals surface area contributed by atoms with Gasteiger partial charge in [-0.1, -0.05) is 28.1 Å². The second-order valence-corrected chi connectivity index (χ2v) is 7.57. The van der Waals surface area contributed by atoms with Gasteiger partial charge >= 0.3 is 0 Å². The van der Waals surface area contributed by atoms with Crippen molar-refractivity contribution in [3.63, 3.8) is 0 Å². The molecule has 0 spiro atoms. The fourth-order valence-corrected chi connectivity index (χ4v) is 3.28. The van der Waals surface area contributed by atoms with Crippen molar-refractivity contribution in [2.24, 2.45) is 0 Å². The highest BCUT2D eigenvalue weighted by molar-refractivity contribution is 9.10. The summed E-state index contributed by atoms with van der Waals surface area (Å²) in [7, 11) is -3.74. The molecule has 2 aromatic carbocycles. The maximum atomic E-state index is 13.4. The van der Waals surface area contributed by atoms with Crippen molar-refractivity contribution in [2.75, 3.05) is 0 Å². The number of benzene rings is 2. The number of rotatable bonds is 4. The van der Waals surface area contributed by atoms with Crippen LogP contribution < -0.4 is 4.72 Å². The molecule has 0 saturated heterocycles. The van der Waals surface area contributed by atoms with Crippen molar-refractivity contribution in [3.05, 3.63) is 62.8 Å². The summed E-state index contributed by atoms with van der Waals surface area (Å²) in [6, 6.07) is 11.0. The Morgan fingerprint density at radius 2 is 1.85 bits per heavy atom. The molecular formula is C13H10Br2FNO2S. The minimum Gasteiger partial charge on any atom is -0.207 e. The molecule has 0 bridgehead atoms. The van der Waals surface area contributed by atoms with Crippen LogP contribution in [0.4, 0.5) is 4.39 Å². The quantitative estimate of drug-likeness (QED) is 0.813. The lowest BCUT2D eigenvalue weighted by atomic mass is 10.2. The zero-order chi connectivity index (χ0) is 14.8. The third-order valence-electron chi connectivity index (χ3n) is 2.56. The van der Waals surface area contributed by atoms with Crippen LogP contribution in [0.3, 0.4) is 0 Å². The van der Waals surface area contributed by atoms with E-state index in [-0.39, 0.29) is 15.9 Å². The molecule has 2 aromatic rings. The summed E-state index contributed by atoms with van der Waals surface area (Å²) in [4.78, 5) is -0.104. The molecule has 0 aliphatic heterocycles. The largest absolute Gasteiger partial charge is 0.240 e. The summed E-state index contributed by atoms with van der Waals surface area (Å²) in [5.41, 5.74) is 0.806. The third kappa shape index (κ3) is 3.88. The Kier molecular flexibility index (Phi) is 4.95. The third-order valence-corrected chi connectivity index (χ3v) is 5.09. The monoisotopic (exact) mass is 421 g/mol. The fraction of sp³-hybridized carbons (Fsp3) is 0.0769. The van der Waals surface area contributed by atoms with Crippen molar-refractivity contribution in [1.82, 2.24) is 4.72 Å². The van der Waals surface area contributed by atoms with E-state index in [0.29, 0.717) is 0 Å². The Labute approximate surface area is 133 Å². The van der Waals surface area contributed by atoms with Gasteiger partial charge in [0.1, 0.15) is 5.82 Å². The van der Waals surface area contributed by atoms with Crippen LogP contribution in [0.5, 0.6) is 0 Å². The highest BCUT2D eigenvalue weighted by Gasteiger charge is 2.15. The maximum absolute atomic E-state index is 13.4. The Balaban J connectivity index is 2.17. The first-order chi connectivity index (χ1) is 9.38. The molecule has 2 rings (SSSR count). The number of sulfonamides is 1. The highest BCUT2D eigenvalue weighted by Crippen LogP contribution is 2.19. The summed E-state index contributed by atoms with van der Waals surface area (Å²) in [5.74, 6) is -0.615. The first kappa shape index (κ1) is 15.6. The molecule has 0 radical (unpaired) electrons.